The molecule has 127 heavy (non-hydrogen) atoms. The Morgan fingerprint density at radius 3 is 1.48 bits per heavy atom. The van der Waals surface area contributed by atoms with Crippen LogP contribution in [0.4, 0.5) is 11.4 Å². The van der Waals surface area contributed by atoms with E-state index in [-0.39, 0.29) is 127 Å². The van der Waals surface area contributed by atoms with Crippen molar-refractivity contribution in [2.45, 2.75) is 161 Å². The SMILES string of the molecule is C.CCOC(=O)C(=O)CCc1ccccc1.CCOC(=O)C(CCc1ccccc1)Nc1ccccc1CN.CCOC(=O)C1(CCc2ccccc2)Cc2ccccc2CN1.NCc1ccccc1N.O=C1NCc2ccccc2CC1CCc1ccccc1.O=S(=O)(Cl)c1ccc(Cl)c(Cl)c1.[AlH3].[H-].[Li+].[NH-]O.[Na+].c1ccc(CCC2CNCc3ccccc3C2)cc1. The average molecular weight is 1820 g/mol. The zero-order chi connectivity index (χ0) is 88.5. The molecule has 3 heterocycles. The third kappa shape index (κ3) is 40.5. The van der Waals surface area contributed by atoms with Crippen LogP contribution in [0.5, 0.6) is 0 Å². The molecule has 0 fully saturated rings. The third-order valence-electron chi connectivity index (χ3n) is 20.8. The minimum Gasteiger partial charge on any atom is -1.00 e. The van der Waals surface area contributed by atoms with Crippen molar-refractivity contribution in [3.63, 3.8) is 0 Å². The van der Waals surface area contributed by atoms with Gasteiger partial charge in [-0.2, -0.15) is 0 Å². The molecule has 1 amide bonds. The molecule has 0 saturated heterocycles. The standard InChI is InChI=1S/C20H23NO2.C19H24N2O2.C18H19NO.C18H21N.C12H14O3.C7H10N2.C6H3Cl3O2S.CH4.Al.Li.H2NO.Na.4H/c1-2-23-19(22)20(13-12-16-8-4-3-5-9-16)14-17-10-6-7-11-18(17)15-21-20;1-2-23-19(22)18(13-12-15-8-4-3-5-9-15)21-17-11-7-6-10-16(17)14-20;20-18-16(11-10-14-6-2-1-3-7-14)12-15-8-4-5-9-17(15)13-19-18;1-2-6-15(7-3-1)10-11-16-12-17-8-4-5-9-18(17)14-19-13-16;1-2-15-12(14)11(13)9-8-10-6-4-3-5-7-10;8-5-6-3-1-2-4-7(6)9;7-5-2-1-4(3-6(5)8)12(9,10)11;;;;1-2;;;;;/h3-11,21H,2,12-15H2,1H3;3-11,18,21H,2,12-14,20H2,1H3;1-9,16H,10-13H2,(H,19,20);1-9,16,19H,10-14H2;3-7H,2,8-9H2,1H3;1-4H,5,8-9H2;1-3H;1H4;;;1-2H;;;;;/q;;;;;;;;;+1;-1;+1;;;;-1. The fourth-order valence-corrected chi connectivity index (χ4v) is 15.2. The number of nitrogen functional groups attached to an aromatic ring is 1. The molecule has 0 aromatic heterocycles. The van der Waals surface area contributed by atoms with Gasteiger partial charge in [0.25, 0.3) is 9.05 Å². The molecule has 4 atom stereocenters. The average Bonchev–Trinajstić information content (AvgIpc) is 0.835. The van der Waals surface area contributed by atoms with Crippen LogP contribution in [0, 0.1) is 11.8 Å². The van der Waals surface area contributed by atoms with E-state index >= 15 is 0 Å². The summed E-state index contributed by atoms with van der Waals surface area (Å²) in [6.07, 6.45) is 11.0. The molecular formula is C101H124AlCl3LiN8NaO11S. The maximum Gasteiger partial charge on any atom is 1.00 e. The van der Waals surface area contributed by atoms with Gasteiger partial charge in [0.1, 0.15) is 11.6 Å². The van der Waals surface area contributed by atoms with Gasteiger partial charge in [-0.3, -0.25) is 19.7 Å². The Balaban J connectivity index is 0.000000509. The fraction of sp³-hybridized carbons (Fsp3) is 0.297. The number of carbonyl (C=O) groups is 5. The molecular weight excluding hydrogens is 1700 g/mol. The van der Waals surface area contributed by atoms with Crippen molar-refractivity contribution in [1.29, 1.82) is 0 Å². The fourth-order valence-electron chi connectivity index (χ4n) is 14.1. The summed E-state index contributed by atoms with van der Waals surface area (Å²) in [7, 11) is 1.34. The molecule has 0 aliphatic carbocycles. The van der Waals surface area contributed by atoms with E-state index in [4.69, 9.17) is 71.7 Å². The van der Waals surface area contributed by atoms with E-state index in [2.05, 4.69) is 159 Å². The number of carbonyl (C=O) groups excluding carboxylic acids is 5. The number of hydrogen-bond acceptors (Lipinski definition) is 17. The summed E-state index contributed by atoms with van der Waals surface area (Å²) in [4.78, 5) is 59.3. The van der Waals surface area contributed by atoms with Gasteiger partial charge >= 0.3 is 66.3 Å². The number of aryl methyl sites for hydroxylation is 5. The summed E-state index contributed by atoms with van der Waals surface area (Å²) < 4.78 is 36.7. The number of ether oxygens (including phenoxy) is 3. The van der Waals surface area contributed by atoms with Crippen molar-refractivity contribution >= 4 is 101 Å². The molecule has 3 aliphatic heterocycles. The first-order valence-corrected chi connectivity index (χ1v) is 44.6. The Kier molecular flexibility index (Phi) is 56.0. The van der Waals surface area contributed by atoms with Crippen LogP contribution in [0.3, 0.4) is 0 Å². The van der Waals surface area contributed by atoms with E-state index in [1.807, 2.05) is 153 Å². The Bertz CT molecular complexity index is 5090. The molecule has 0 radical (unpaired) electrons. The number of ketones is 1. The number of Topliss-reactive ketones (excluding diaryl/α,β-unsaturated/α-hetero) is 1. The van der Waals surface area contributed by atoms with Gasteiger partial charge in [-0.25, -0.2) is 18.0 Å². The number of esters is 3. The van der Waals surface area contributed by atoms with E-state index in [0.29, 0.717) is 63.7 Å². The summed E-state index contributed by atoms with van der Waals surface area (Å²) in [5.74, 6) is 4.23. The number of para-hydroxylation sites is 2. The van der Waals surface area contributed by atoms with E-state index in [9.17, 15) is 32.4 Å². The van der Waals surface area contributed by atoms with E-state index in [0.717, 1.165) is 85.6 Å². The third-order valence-corrected chi connectivity index (χ3v) is 22.9. The molecule has 26 heteroatoms. The summed E-state index contributed by atoms with van der Waals surface area (Å²) in [5, 5.41) is 20.1. The molecule has 0 saturated carbocycles. The zero-order valence-electron chi connectivity index (χ0n) is 73.3. The normalized spacial score (nSPS) is 14.3. The number of hydrogen-bond donors (Lipinski definition) is 8. The molecule has 19 nitrogen and oxygen atoms in total. The quantitative estimate of drug-likeness (QED) is 0.00475. The van der Waals surface area contributed by atoms with Gasteiger partial charge < -0.3 is 59.9 Å². The van der Waals surface area contributed by atoms with Gasteiger partial charge in [0.15, 0.2) is 17.4 Å². The smallest absolute Gasteiger partial charge is 1.00 e. The van der Waals surface area contributed by atoms with Gasteiger partial charge in [0.2, 0.25) is 11.7 Å². The minimum atomic E-state index is -3.71. The zero-order valence-corrected chi connectivity index (χ0v) is 77.4. The first-order valence-electron chi connectivity index (χ1n) is 41.6. The van der Waals surface area contributed by atoms with Crippen molar-refractivity contribution in [2.75, 3.05) is 37.4 Å². The predicted octanol–water partition coefficient (Wildman–Crippen LogP) is 12.5. The van der Waals surface area contributed by atoms with Crippen LogP contribution >= 0.6 is 33.9 Å². The van der Waals surface area contributed by atoms with Crippen LogP contribution in [-0.2, 0) is 131 Å². The number of nitrogens with one attached hydrogen (secondary N) is 5. The number of fused-ring (bicyclic) bond motifs is 3. The van der Waals surface area contributed by atoms with Crippen LogP contribution in [0.1, 0.15) is 134 Å². The Morgan fingerprint density at radius 1 is 0.535 bits per heavy atom. The monoisotopic (exact) mass is 1820 g/mol. The second-order valence-electron chi connectivity index (χ2n) is 29.4. The number of amides is 1. The number of anilines is 2. The number of halogens is 3. The Morgan fingerprint density at radius 2 is 0.976 bits per heavy atom. The molecule has 11 aromatic carbocycles. The van der Waals surface area contributed by atoms with Crippen LogP contribution in [-0.4, -0.2) is 98.5 Å². The summed E-state index contributed by atoms with van der Waals surface area (Å²) in [6.45, 7) is 10.9. The number of benzene rings is 11. The second kappa shape index (κ2) is 63.3. The molecule has 14 rings (SSSR count). The number of rotatable bonds is 26. The van der Waals surface area contributed by atoms with Crippen molar-refractivity contribution in [1.82, 2.24) is 16.0 Å². The van der Waals surface area contributed by atoms with E-state index < -0.39 is 26.3 Å². The van der Waals surface area contributed by atoms with Crippen LogP contribution in [0.25, 0.3) is 5.90 Å². The largest absolute Gasteiger partial charge is 1.00 e. The Hall–Kier alpha value is -8.72. The summed E-state index contributed by atoms with van der Waals surface area (Å²) >= 11 is 11.1. The minimum absolute atomic E-state index is 0. The summed E-state index contributed by atoms with van der Waals surface area (Å²) in [5.41, 5.74) is 34.1. The van der Waals surface area contributed by atoms with Gasteiger partial charge in [-0.15, -0.1) is 0 Å². The van der Waals surface area contributed by atoms with E-state index in [1.165, 1.54) is 93.1 Å². The maximum atomic E-state index is 12.7. The van der Waals surface area contributed by atoms with Gasteiger partial charge in [0.05, 0.1) is 34.8 Å². The van der Waals surface area contributed by atoms with Crippen LogP contribution in [0.15, 0.2) is 296 Å². The molecule has 12 N–H and O–H groups in total. The second-order valence-corrected chi connectivity index (χ2v) is 32.8. The van der Waals surface area contributed by atoms with Crippen molar-refractivity contribution in [3.8, 4) is 0 Å². The van der Waals surface area contributed by atoms with Crippen molar-refractivity contribution in [2.24, 2.45) is 23.3 Å². The molecule has 666 valence electrons. The van der Waals surface area contributed by atoms with Crippen LogP contribution < -0.4 is 86.9 Å². The molecule has 11 aromatic rings. The molecule has 4 unspecified atom stereocenters. The Labute approximate surface area is 812 Å². The van der Waals surface area contributed by atoms with E-state index in [1.54, 1.807) is 6.92 Å². The predicted molar refractivity (Wildman–Crippen MR) is 513 cm³/mol. The first-order chi connectivity index (χ1) is 59.7. The van der Waals surface area contributed by atoms with Gasteiger partial charge in [-0.05, 0) is 207 Å². The molecule has 0 spiro atoms. The summed E-state index contributed by atoms with van der Waals surface area (Å²) in [6, 6.07) is 95.6. The molecule has 3 aliphatic rings. The first kappa shape index (κ1) is 112. The maximum absolute atomic E-state index is 12.7. The topological polar surface area (TPSA) is 317 Å². The van der Waals surface area contributed by atoms with Crippen molar-refractivity contribution < 1.29 is 102 Å². The van der Waals surface area contributed by atoms with Crippen molar-refractivity contribution in [3.05, 3.63) is 379 Å². The van der Waals surface area contributed by atoms with Gasteiger partial charge in [-0.1, -0.05) is 291 Å². The van der Waals surface area contributed by atoms with Crippen LogP contribution in [0.2, 0.25) is 10.0 Å². The van der Waals surface area contributed by atoms with Gasteiger partial charge in [0, 0.05) is 73.5 Å². The molecule has 0 bridgehead atoms. The number of nitrogens with two attached hydrogens (primary N) is 3.